The molecule has 0 spiro atoms. The van der Waals surface area contributed by atoms with Crippen molar-refractivity contribution in [1.82, 2.24) is 9.62 Å². The molecular formula is C22H30F2N2O6S. The van der Waals surface area contributed by atoms with Crippen molar-refractivity contribution in [2.45, 2.75) is 55.8 Å². The quantitative estimate of drug-likeness (QED) is 0.634. The minimum Gasteiger partial charge on any atom is -0.453 e. The molecule has 0 aromatic heterocycles. The molecule has 0 unspecified atom stereocenters. The fourth-order valence-corrected chi connectivity index (χ4v) is 6.23. The van der Waals surface area contributed by atoms with Crippen LogP contribution in [-0.4, -0.2) is 76.6 Å². The average Bonchev–Trinajstić information content (AvgIpc) is 3.39. The first-order valence-electron chi connectivity index (χ1n) is 11.2. The van der Waals surface area contributed by atoms with Crippen molar-refractivity contribution >= 4 is 16.1 Å². The van der Waals surface area contributed by atoms with E-state index in [1.807, 2.05) is 6.07 Å². The molecule has 184 valence electrons. The Morgan fingerprint density at radius 3 is 2.67 bits per heavy atom. The van der Waals surface area contributed by atoms with Gasteiger partial charge in [-0.05, 0) is 49.3 Å². The van der Waals surface area contributed by atoms with Crippen molar-refractivity contribution in [2.75, 3.05) is 32.9 Å². The Morgan fingerprint density at radius 2 is 2.00 bits per heavy atom. The van der Waals surface area contributed by atoms with Crippen LogP contribution in [0.25, 0.3) is 0 Å². The second-order valence-electron chi connectivity index (χ2n) is 8.94. The number of alkyl halides is 1. The van der Waals surface area contributed by atoms with Crippen LogP contribution in [0.2, 0.25) is 0 Å². The first kappa shape index (κ1) is 24.3. The summed E-state index contributed by atoms with van der Waals surface area (Å²) in [4.78, 5) is 14.0. The van der Waals surface area contributed by atoms with E-state index < -0.39 is 34.2 Å². The molecule has 0 bridgehead atoms. The van der Waals surface area contributed by atoms with Crippen LogP contribution >= 0.6 is 0 Å². The lowest BCUT2D eigenvalue weighted by atomic mass is 9.82. The van der Waals surface area contributed by atoms with Gasteiger partial charge in [0, 0.05) is 5.92 Å². The molecule has 0 radical (unpaired) electrons. The second-order valence-corrected chi connectivity index (χ2v) is 10.6. The summed E-state index contributed by atoms with van der Waals surface area (Å²) >= 11 is 0. The van der Waals surface area contributed by atoms with Crippen molar-refractivity contribution in [2.24, 2.45) is 5.92 Å². The van der Waals surface area contributed by atoms with Crippen LogP contribution in [-0.2, 0) is 24.2 Å². The van der Waals surface area contributed by atoms with Crippen molar-refractivity contribution in [3.63, 3.8) is 0 Å². The molecule has 4 atom stereocenters. The molecule has 1 aromatic carbocycles. The monoisotopic (exact) mass is 488 g/mol. The van der Waals surface area contributed by atoms with Gasteiger partial charge in [0.1, 0.15) is 5.82 Å². The number of rotatable bonds is 7. The van der Waals surface area contributed by atoms with E-state index in [9.17, 15) is 22.0 Å². The number of nitrogens with zero attached hydrogens (tertiary/aromatic N) is 1. The van der Waals surface area contributed by atoms with Gasteiger partial charge in [-0.1, -0.05) is 12.1 Å². The van der Waals surface area contributed by atoms with Crippen LogP contribution in [0, 0.1) is 11.7 Å². The molecule has 3 aliphatic rings. The molecule has 4 rings (SSSR count). The minimum absolute atomic E-state index is 0.0653. The number of likely N-dealkylation sites (tertiary alicyclic amines) is 1. The lowest BCUT2D eigenvalue weighted by molar-refractivity contribution is -0.0137. The number of sulfonamides is 1. The summed E-state index contributed by atoms with van der Waals surface area (Å²) in [5, 5.41) is 0. The Kier molecular flexibility index (Phi) is 7.52. The zero-order chi connectivity index (χ0) is 23.6. The van der Waals surface area contributed by atoms with Crippen LogP contribution in [0.3, 0.4) is 0 Å². The lowest BCUT2D eigenvalue weighted by Crippen LogP contribution is -2.52. The van der Waals surface area contributed by atoms with E-state index in [0.29, 0.717) is 0 Å². The number of amides is 1. The number of carbonyl (C=O) groups is 1. The number of fused-ring (bicyclic) bond motifs is 1. The van der Waals surface area contributed by atoms with E-state index in [1.54, 1.807) is 12.1 Å². The molecule has 11 heteroatoms. The van der Waals surface area contributed by atoms with Gasteiger partial charge in [0.25, 0.3) is 0 Å². The third-order valence-corrected chi connectivity index (χ3v) is 7.94. The average molecular weight is 489 g/mol. The Hall–Kier alpha value is -1.82. The fraction of sp³-hybridized carbons (Fsp3) is 0.682. The SMILES string of the molecule is COC(=O)N1[C@@H]2COC[C@@H]2[C@H](NS(=O)(=O)CF)[C@@H]1CO[C@H]1CC[C@@H](c2cccc(F)c2)CC1. The Bertz CT molecular complexity index is 941. The molecule has 1 saturated carbocycles. The summed E-state index contributed by atoms with van der Waals surface area (Å²) in [5.41, 5.74) is 0.981. The number of nitrogens with one attached hydrogen (secondary N) is 1. The summed E-state index contributed by atoms with van der Waals surface area (Å²) in [6.45, 7) is 0.604. The fourth-order valence-electron chi connectivity index (χ4n) is 5.42. The largest absolute Gasteiger partial charge is 0.453 e. The van der Waals surface area contributed by atoms with Gasteiger partial charge in [0.15, 0.2) is 0 Å². The topological polar surface area (TPSA) is 94.2 Å². The van der Waals surface area contributed by atoms with E-state index in [4.69, 9.17) is 14.2 Å². The first-order valence-corrected chi connectivity index (χ1v) is 12.8. The second kappa shape index (κ2) is 10.2. The Morgan fingerprint density at radius 1 is 1.24 bits per heavy atom. The van der Waals surface area contributed by atoms with E-state index in [2.05, 4.69) is 4.72 Å². The van der Waals surface area contributed by atoms with Crippen LogP contribution in [0.15, 0.2) is 24.3 Å². The highest BCUT2D eigenvalue weighted by Gasteiger charge is 2.55. The third-order valence-electron chi connectivity index (χ3n) is 7.03. The highest BCUT2D eigenvalue weighted by Crippen LogP contribution is 2.38. The molecular weight excluding hydrogens is 458 g/mol. The van der Waals surface area contributed by atoms with Gasteiger partial charge in [-0.2, -0.15) is 0 Å². The molecule has 1 aromatic rings. The number of benzene rings is 1. The standard InChI is InChI=1S/C22H30F2N2O6S/c1-30-22(27)26-19-11-31-10-18(19)21(25-33(28,29)13-23)20(26)12-32-17-7-5-14(6-8-17)15-3-2-4-16(24)9-15/h2-4,9,14,17-21,25H,5-8,10-13H2,1H3/t14-,17+,18-,19+,20-,21-/m0/s1. The number of hydrogen-bond acceptors (Lipinski definition) is 6. The predicted molar refractivity (Wildman–Crippen MR) is 115 cm³/mol. The van der Waals surface area contributed by atoms with Crippen molar-refractivity contribution in [3.8, 4) is 0 Å². The van der Waals surface area contributed by atoms with Crippen LogP contribution in [0.4, 0.5) is 13.6 Å². The van der Waals surface area contributed by atoms with Gasteiger partial charge < -0.3 is 14.2 Å². The van der Waals surface area contributed by atoms with Gasteiger partial charge in [-0.3, -0.25) is 4.90 Å². The Balaban J connectivity index is 1.42. The third kappa shape index (κ3) is 5.31. The van der Waals surface area contributed by atoms with Crippen molar-refractivity contribution in [3.05, 3.63) is 35.6 Å². The number of methoxy groups -OCH3 is 1. The summed E-state index contributed by atoms with van der Waals surface area (Å²) in [6.07, 6.45) is 2.56. The van der Waals surface area contributed by atoms with Gasteiger partial charge in [0.2, 0.25) is 16.0 Å². The van der Waals surface area contributed by atoms with Crippen LogP contribution in [0.1, 0.15) is 37.2 Å². The van der Waals surface area contributed by atoms with Crippen molar-refractivity contribution < 1.29 is 36.2 Å². The van der Waals surface area contributed by atoms with Gasteiger partial charge in [-0.15, -0.1) is 0 Å². The molecule has 33 heavy (non-hydrogen) atoms. The van der Waals surface area contributed by atoms with Gasteiger partial charge in [-0.25, -0.2) is 26.7 Å². The molecule has 1 amide bonds. The zero-order valence-electron chi connectivity index (χ0n) is 18.5. The molecule has 3 fully saturated rings. The number of halogens is 2. The zero-order valence-corrected chi connectivity index (χ0v) is 19.3. The van der Waals surface area contributed by atoms with Crippen molar-refractivity contribution in [1.29, 1.82) is 0 Å². The molecule has 1 N–H and O–H groups in total. The van der Waals surface area contributed by atoms with E-state index >= 15 is 0 Å². The lowest BCUT2D eigenvalue weighted by Gasteiger charge is -2.33. The van der Waals surface area contributed by atoms with E-state index in [-0.39, 0.29) is 49.6 Å². The highest BCUT2D eigenvalue weighted by atomic mass is 32.2. The molecule has 2 saturated heterocycles. The smallest absolute Gasteiger partial charge is 0.410 e. The molecule has 2 heterocycles. The molecule has 8 nitrogen and oxygen atoms in total. The van der Waals surface area contributed by atoms with E-state index in [1.165, 1.54) is 18.1 Å². The summed E-state index contributed by atoms with van der Waals surface area (Å²) in [6, 6.07) is 3.36. The maximum Gasteiger partial charge on any atom is 0.410 e. The van der Waals surface area contributed by atoms with Gasteiger partial charge >= 0.3 is 6.09 Å². The highest BCUT2D eigenvalue weighted by molar-refractivity contribution is 7.89. The molecule has 1 aliphatic carbocycles. The predicted octanol–water partition coefficient (Wildman–Crippen LogP) is 2.55. The maximum atomic E-state index is 13.6. The van der Waals surface area contributed by atoms with Crippen LogP contribution < -0.4 is 4.72 Å². The van der Waals surface area contributed by atoms with Crippen LogP contribution in [0.5, 0.6) is 0 Å². The van der Waals surface area contributed by atoms with E-state index in [0.717, 1.165) is 31.2 Å². The number of carbonyl (C=O) groups excluding carboxylic acids is 1. The maximum absolute atomic E-state index is 13.6. The minimum atomic E-state index is -4.15. The summed E-state index contributed by atoms with van der Waals surface area (Å²) in [7, 11) is -2.89. The molecule has 2 aliphatic heterocycles. The Labute approximate surface area is 192 Å². The first-order chi connectivity index (χ1) is 15.8. The van der Waals surface area contributed by atoms with Gasteiger partial charge in [0.05, 0.1) is 51.2 Å². The normalized spacial score (nSPS) is 32.0. The number of hydrogen-bond donors (Lipinski definition) is 1. The number of ether oxygens (including phenoxy) is 3. The summed E-state index contributed by atoms with van der Waals surface area (Å²) in [5.74, 6) is -0.298. The summed E-state index contributed by atoms with van der Waals surface area (Å²) < 4.78 is 69.6.